The van der Waals surface area contributed by atoms with Gasteiger partial charge in [0.1, 0.15) is 11.4 Å². The van der Waals surface area contributed by atoms with Gasteiger partial charge in [-0.1, -0.05) is 68.5 Å². The third-order valence-corrected chi connectivity index (χ3v) is 10.1. The number of amides is 2. The lowest BCUT2D eigenvalue weighted by Crippen LogP contribution is -2.81. The molecule has 0 radical (unpaired) electrons. The predicted octanol–water partition coefficient (Wildman–Crippen LogP) is 2.75. The summed E-state index contributed by atoms with van der Waals surface area (Å²) in [5.41, 5.74) is -4.08. The number of aliphatic hydroxyl groups excluding tert-OH is 2. The van der Waals surface area contributed by atoms with Gasteiger partial charge >= 0.3 is 5.97 Å². The van der Waals surface area contributed by atoms with E-state index >= 15 is 0 Å². The zero-order valence-corrected chi connectivity index (χ0v) is 31.2. The number of oxazole rings is 1. The molecular weight excluding hydrogens is 658 g/mol. The number of aromatic nitrogens is 1. The van der Waals surface area contributed by atoms with Gasteiger partial charge in [-0.05, 0) is 38.7 Å². The van der Waals surface area contributed by atoms with Gasteiger partial charge in [0.05, 0.1) is 42.4 Å². The van der Waals surface area contributed by atoms with Crippen molar-refractivity contribution in [2.45, 2.75) is 89.9 Å². The second kappa shape index (κ2) is 17.6. The van der Waals surface area contributed by atoms with Crippen LogP contribution in [0, 0.1) is 24.2 Å². The molecule has 0 aliphatic carbocycles. The van der Waals surface area contributed by atoms with Crippen LogP contribution in [-0.2, 0) is 35.0 Å². The average molecular weight is 714 g/mol. The highest BCUT2D eigenvalue weighted by Crippen LogP contribution is 2.54. The molecule has 51 heavy (non-hydrogen) atoms. The van der Waals surface area contributed by atoms with E-state index in [1.807, 2.05) is 18.2 Å². The van der Waals surface area contributed by atoms with Crippen molar-refractivity contribution < 1.29 is 48.3 Å². The molecule has 4 N–H and O–H groups in total. The Bertz CT molecular complexity index is 1530. The number of carbonyl (C=O) groups excluding carboxylic acids is 3. The van der Waals surface area contributed by atoms with Crippen molar-refractivity contribution in [3.63, 3.8) is 0 Å². The van der Waals surface area contributed by atoms with Gasteiger partial charge in [-0.25, -0.2) is 9.78 Å². The largest absolute Gasteiger partial charge is 0.455 e. The highest BCUT2D eigenvalue weighted by Gasteiger charge is 2.81. The van der Waals surface area contributed by atoms with Crippen molar-refractivity contribution in [1.82, 2.24) is 15.2 Å². The first-order valence-corrected chi connectivity index (χ1v) is 17.1. The lowest BCUT2D eigenvalue weighted by molar-refractivity contribution is -0.264. The van der Waals surface area contributed by atoms with Crippen LogP contribution in [-0.4, -0.2) is 113 Å². The van der Waals surface area contributed by atoms with Crippen LogP contribution >= 0.6 is 0 Å². The Hall–Kier alpha value is -3.88. The van der Waals surface area contributed by atoms with Crippen LogP contribution in [0.25, 0.3) is 0 Å². The number of aryl methyl sites for hydroxylation is 1. The van der Waals surface area contributed by atoms with Crippen molar-refractivity contribution in [3.8, 4) is 0 Å². The Morgan fingerprint density at radius 1 is 1.16 bits per heavy atom. The molecule has 2 fully saturated rings. The third kappa shape index (κ3) is 8.44. The first-order chi connectivity index (χ1) is 24.0. The molecule has 2 aliphatic rings. The summed E-state index contributed by atoms with van der Waals surface area (Å²) in [6.07, 6.45) is 14.4. The fourth-order valence-corrected chi connectivity index (χ4v) is 6.88. The molecule has 2 amide bonds. The Labute approximate surface area is 300 Å². The smallest absolute Gasteiger partial charge is 0.339 e. The Balaban J connectivity index is 1.52. The maximum Gasteiger partial charge on any atom is 0.339 e. The quantitative estimate of drug-likeness (QED) is 0.130. The number of ether oxygens (including phenoxy) is 3. The first-order valence-electron chi connectivity index (χ1n) is 17.1. The van der Waals surface area contributed by atoms with Crippen LogP contribution in [0.1, 0.15) is 52.7 Å². The van der Waals surface area contributed by atoms with Crippen LogP contribution in [0.3, 0.4) is 0 Å². The van der Waals surface area contributed by atoms with Gasteiger partial charge in [-0.2, -0.15) is 0 Å². The van der Waals surface area contributed by atoms with Crippen LogP contribution < -0.4 is 5.32 Å². The number of allylic oxidation sites excluding steroid dienone is 7. The van der Waals surface area contributed by atoms with E-state index in [4.69, 9.17) is 18.6 Å². The maximum absolute atomic E-state index is 13.1. The van der Waals surface area contributed by atoms with Crippen LogP contribution in [0.4, 0.5) is 0 Å². The Morgan fingerprint density at radius 3 is 2.45 bits per heavy atom. The standard InChI is InChI=1S/C38H55N3O10/c1-24(17-13-10-11-14-18-28-22-40-27(4)50-28)32(43)36(5,6)34(45)39-20-16-12-15-19-29(42)25(2)21-30(49-9)38(47)26(3)33(44)41(7)37(38)31(23-48-8)51-35(37)46/h10-17,19,22,25-26,29-32,42-43,47H,18,20-21,23H2,1-9H3,(H,39,45)/b13-10+,14-11+,16-12+,19-15+,24-17+. The summed E-state index contributed by atoms with van der Waals surface area (Å²) in [7, 11) is 4.30. The fraction of sp³-hybridized carbons (Fsp3) is 0.579. The van der Waals surface area contributed by atoms with Gasteiger partial charge < -0.3 is 44.2 Å². The second-order valence-electron chi connectivity index (χ2n) is 13.9. The summed E-state index contributed by atoms with van der Waals surface area (Å²) in [4.78, 5) is 44.3. The molecule has 2 saturated heterocycles. The molecule has 282 valence electrons. The molecule has 0 saturated carbocycles. The van der Waals surface area contributed by atoms with Gasteiger partial charge in [-0.15, -0.1) is 0 Å². The number of cyclic esters (lactones) is 1. The Morgan fingerprint density at radius 2 is 1.84 bits per heavy atom. The average Bonchev–Trinajstić information content (AvgIpc) is 3.58. The van der Waals surface area contributed by atoms with E-state index in [1.165, 1.54) is 26.2 Å². The van der Waals surface area contributed by atoms with Gasteiger partial charge in [0.15, 0.2) is 12.0 Å². The molecule has 8 atom stereocenters. The number of nitrogens with zero attached hydrogens (tertiary/aromatic N) is 2. The minimum absolute atomic E-state index is 0.0139. The number of carbonyl (C=O) groups is 3. The highest BCUT2D eigenvalue weighted by molar-refractivity contribution is 6.00. The van der Waals surface area contributed by atoms with Crippen molar-refractivity contribution in [1.29, 1.82) is 0 Å². The van der Waals surface area contributed by atoms with Crippen molar-refractivity contribution >= 4 is 17.8 Å². The minimum Gasteiger partial charge on any atom is -0.455 e. The van der Waals surface area contributed by atoms with E-state index in [-0.39, 0.29) is 25.5 Å². The number of likely N-dealkylation sites (N-methyl/N-ethyl adjacent to an activating group) is 1. The molecule has 13 nitrogen and oxygen atoms in total. The summed E-state index contributed by atoms with van der Waals surface area (Å²) >= 11 is 0. The zero-order chi connectivity index (χ0) is 38.1. The zero-order valence-electron chi connectivity index (χ0n) is 31.2. The molecule has 13 heteroatoms. The van der Waals surface area contributed by atoms with E-state index in [9.17, 15) is 29.7 Å². The molecule has 2 aliphatic heterocycles. The lowest BCUT2D eigenvalue weighted by atomic mass is 9.65. The summed E-state index contributed by atoms with van der Waals surface area (Å²) < 4.78 is 21.7. The topological polar surface area (TPSA) is 181 Å². The van der Waals surface area contributed by atoms with E-state index in [2.05, 4.69) is 10.3 Å². The molecular formula is C38H55N3O10. The van der Waals surface area contributed by atoms with Crippen LogP contribution in [0.5, 0.6) is 0 Å². The summed E-state index contributed by atoms with van der Waals surface area (Å²) in [5.74, 6) is -1.50. The van der Waals surface area contributed by atoms with Crippen LogP contribution in [0.2, 0.25) is 0 Å². The van der Waals surface area contributed by atoms with Gasteiger partial charge in [-0.3, -0.25) is 9.59 Å². The van der Waals surface area contributed by atoms with E-state index in [0.717, 1.165) is 5.76 Å². The number of hydrogen-bond donors (Lipinski definition) is 4. The number of hydrogen-bond acceptors (Lipinski definition) is 11. The predicted molar refractivity (Wildman–Crippen MR) is 190 cm³/mol. The number of methoxy groups -OCH3 is 2. The maximum atomic E-state index is 13.1. The SMILES string of the molecule is COCC1OC(=O)C12N(C)C(=O)C(C)C2(O)C(CC(C)C(O)/C=C/C=C/CNC(=O)C(C)(C)C(O)/C(C)=C/C=C/C=C/Cc1cnc(C)o1)OC. The third-order valence-electron chi connectivity index (χ3n) is 10.1. The molecule has 0 aromatic carbocycles. The second-order valence-corrected chi connectivity index (χ2v) is 13.9. The lowest BCUT2D eigenvalue weighted by Gasteiger charge is -2.56. The summed E-state index contributed by atoms with van der Waals surface area (Å²) in [6, 6.07) is 0. The van der Waals surface area contributed by atoms with E-state index < -0.39 is 64.7 Å². The van der Waals surface area contributed by atoms with Crippen molar-refractivity contribution in [3.05, 3.63) is 78.1 Å². The monoisotopic (exact) mass is 713 g/mol. The number of aliphatic hydroxyl groups is 3. The molecule has 3 heterocycles. The van der Waals surface area contributed by atoms with Gasteiger partial charge in [0.2, 0.25) is 17.4 Å². The first kappa shape index (κ1) is 41.5. The van der Waals surface area contributed by atoms with E-state index in [1.54, 1.807) is 84.2 Å². The molecule has 0 bridgehead atoms. The number of likely N-dealkylation sites (tertiary alicyclic amines) is 1. The van der Waals surface area contributed by atoms with Gasteiger partial charge in [0.25, 0.3) is 0 Å². The normalized spacial score (nSPS) is 26.8. The Kier molecular flexibility index (Phi) is 14.3. The highest BCUT2D eigenvalue weighted by atomic mass is 16.6. The number of esters is 1. The van der Waals surface area contributed by atoms with E-state index in [0.29, 0.717) is 17.9 Å². The van der Waals surface area contributed by atoms with Gasteiger partial charge in [0, 0.05) is 41.2 Å². The molecule has 8 unspecified atom stereocenters. The molecule has 1 spiro atoms. The molecule has 1 aromatic rings. The van der Waals surface area contributed by atoms with Crippen molar-refractivity contribution in [2.75, 3.05) is 34.4 Å². The van der Waals surface area contributed by atoms with Crippen molar-refractivity contribution in [2.24, 2.45) is 17.3 Å². The molecule has 1 aromatic heterocycles. The number of nitrogens with one attached hydrogen (secondary N) is 1. The summed E-state index contributed by atoms with van der Waals surface area (Å²) in [6.45, 7) is 10.4. The van der Waals surface area contributed by atoms with Crippen LogP contribution in [0.15, 0.2) is 70.9 Å². The number of rotatable bonds is 18. The summed E-state index contributed by atoms with van der Waals surface area (Å²) in [5, 5.41) is 36.8. The fourth-order valence-electron chi connectivity index (χ4n) is 6.88. The molecule has 3 rings (SSSR count). The minimum atomic E-state index is -1.94.